The van der Waals surface area contributed by atoms with Crippen molar-refractivity contribution in [2.75, 3.05) is 19.1 Å². The van der Waals surface area contributed by atoms with E-state index in [9.17, 15) is 34.1 Å². The van der Waals surface area contributed by atoms with E-state index in [1.807, 2.05) is 5.43 Å². The number of hydrazone groups is 1. The van der Waals surface area contributed by atoms with Gasteiger partial charge in [-0.1, -0.05) is 12.1 Å². The molecule has 2 atom stereocenters. The van der Waals surface area contributed by atoms with Gasteiger partial charge in [-0.15, -0.1) is 0 Å². The molecule has 0 saturated heterocycles. The Hall–Kier alpha value is -5.08. The van der Waals surface area contributed by atoms with E-state index in [4.69, 9.17) is 15.2 Å². The SMILES string of the molecule is CCOC(=O)c1c(C(C)=O)c(C)n(NC(=O)C(c2ccc([N+](=O)[O-])cc2)C(C(=O)OC)/C(C)=N/NC(N)=O)c1C. The number of rotatable bonds is 11. The van der Waals surface area contributed by atoms with Crippen LogP contribution in [0.25, 0.3) is 0 Å². The number of carbonyl (C=O) groups excluding carboxylic acids is 5. The Bertz CT molecular complexity index is 1380. The Kier molecular flexibility index (Phi) is 10.2. The molecule has 0 spiro atoms. The van der Waals surface area contributed by atoms with E-state index in [0.717, 1.165) is 19.2 Å². The second-order valence-corrected chi connectivity index (χ2v) is 8.57. The lowest BCUT2D eigenvalue weighted by atomic mass is 9.82. The van der Waals surface area contributed by atoms with Crippen LogP contribution in [0.5, 0.6) is 0 Å². The van der Waals surface area contributed by atoms with Crippen molar-refractivity contribution >= 4 is 41.1 Å². The number of methoxy groups -OCH3 is 1. The second-order valence-electron chi connectivity index (χ2n) is 8.57. The number of nitro benzene ring substituents is 1. The van der Waals surface area contributed by atoms with Gasteiger partial charge in [0.2, 0.25) is 5.91 Å². The highest BCUT2D eigenvalue weighted by Gasteiger charge is 2.39. The van der Waals surface area contributed by atoms with Gasteiger partial charge in [-0.25, -0.2) is 15.0 Å². The summed E-state index contributed by atoms with van der Waals surface area (Å²) in [5.41, 5.74) is 9.93. The minimum Gasteiger partial charge on any atom is -0.468 e. The zero-order chi connectivity index (χ0) is 30.3. The van der Waals surface area contributed by atoms with Crippen molar-refractivity contribution < 1.29 is 38.4 Å². The summed E-state index contributed by atoms with van der Waals surface area (Å²) in [5.74, 6) is -5.81. The first kappa shape index (κ1) is 31.1. The number of amides is 3. The Labute approximate surface area is 228 Å². The van der Waals surface area contributed by atoms with Crippen LogP contribution in [-0.4, -0.2) is 58.7 Å². The molecule has 0 fully saturated rings. The van der Waals surface area contributed by atoms with Crippen LogP contribution in [0.2, 0.25) is 0 Å². The number of ketones is 1. The summed E-state index contributed by atoms with van der Waals surface area (Å²) in [7, 11) is 1.08. The Morgan fingerprint density at radius 2 is 1.65 bits per heavy atom. The molecule has 1 aromatic heterocycles. The lowest BCUT2D eigenvalue weighted by Gasteiger charge is -2.26. The average Bonchev–Trinajstić information content (AvgIpc) is 3.15. The molecule has 2 unspecified atom stereocenters. The van der Waals surface area contributed by atoms with Crippen LogP contribution in [-0.2, 0) is 19.1 Å². The van der Waals surface area contributed by atoms with Gasteiger partial charge in [-0.2, -0.15) is 5.10 Å². The van der Waals surface area contributed by atoms with Crippen molar-refractivity contribution in [3.05, 3.63) is 62.5 Å². The first-order valence-electron chi connectivity index (χ1n) is 11.9. The number of nitrogens with zero attached hydrogens (tertiary/aromatic N) is 3. The van der Waals surface area contributed by atoms with Gasteiger partial charge in [0, 0.05) is 17.8 Å². The van der Waals surface area contributed by atoms with Gasteiger partial charge < -0.3 is 15.2 Å². The molecule has 1 heterocycles. The summed E-state index contributed by atoms with van der Waals surface area (Å²) in [6.07, 6.45) is 0. The minimum atomic E-state index is -1.44. The quantitative estimate of drug-likeness (QED) is 0.121. The van der Waals surface area contributed by atoms with Crippen LogP contribution in [0.15, 0.2) is 29.4 Å². The number of aromatic nitrogens is 1. The molecule has 1 aromatic carbocycles. The molecule has 0 aliphatic carbocycles. The molecule has 2 rings (SSSR count). The molecule has 0 radical (unpaired) electrons. The molecule has 40 heavy (non-hydrogen) atoms. The van der Waals surface area contributed by atoms with Gasteiger partial charge in [-0.05, 0) is 40.2 Å². The second kappa shape index (κ2) is 13.1. The number of urea groups is 1. The maximum absolute atomic E-state index is 13.9. The normalized spacial score (nSPS) is 12.6. The van der Waals surface area contributed by atoms with Gasteiger partial charge >= 0.3 is 18.0 Å². The van der Waals surface area contributed by atoms with E-state index in [-0.39, 0.29) is 46.1 Å². The number of hydrogen-bond acceptors (Lipinski definition) is 10. The Balaban J connectivity index is 2.74. The van der Waals surface area contributed by atoms with Crippen LogP contribution < -0.4 is 16.6 Å². The van der Waals surface area contributed by atoms with Crippen molar-refractivity contribution in [3.63, 3.8) is 0 Å². The topological polar surface area (TPSA) is 214 Å². The highest BCUT2D eigenvalue weighted by Crippen LogP contribution is 2.31. The van der Waals surface area contributed by atoms with E-state index in [1.54, 1.807) is 6.92 Å². The van der Waals surface area contributed by atoms with Crippen molar-refractivity contribution in [1.29, 1.82) is 0 Å². The van der Waals surface area contributed by atoms with Crippen LogP contribution in [0.3, 0.4) is 0 Å². The van der Waals surface area contributed by atoms with Crippen LogP contribution in [0.4, 0.5) is 10.5 Å². The number of ether oxygens (including phenoxy) is 2. The van der Waals surface area contributed by atoms with E-state index in [2.05, 4.69) is 10.5 Å². The fourth-order valence-electron chi connectivity index (χ4n) is 4.25. The van der Waals surface area contributed by atoms with Crippen molar-refractivity contribution in [2.24, 2.45) is 16.8 Å². The smallest absolute Gasteiger partial charge is 0.340 e. The third-order valence-electron chi connectivity index (χ3n) is 6.02. The fourth-order valence-corrected chi connectivity index (χ4v) is 4.25. The summed E-state index contributed by atoms with van der Waals surface area (Å²) in [5, 5.41) is 15.0. The Morgan fingerprint density at radius 3 is 2.12 bits per heavy atom. The van der Waals surface area contributed by atoms with E-state index in [0.29, 0.717) is 0 Å². The molecular formula is C25H30N6O9. The van der Waals surface area contributed by atoms with Crippen molar-refractivity contribution in [2.45, 2.75) is 40.5 Å². The van der Waals surface area contributed by atoms with Gasteiger partial charge in [-0.3, -0.25) is 34.6 Å². The average molecular weight is 559 g/mol. The Morgan fingerprint density at radius 1 is 1.07 bits per heavy atom. The minimum absolute atomic E-state index is 0.0352. The van der Waals surface area contributed by atoms with Gasteiger partial charge in [0.05, 0.1) is 47.1 Å². The first-order chi connectivity index (χ1) is 18.8. The highest BCUT2D eigenvalue weighted by atomic mass is 16.6. The van der Waals surface area contributed by atoms with E-state index < -0.39 is 46.4 Å². The van der Waals surface area contributed by atoms with E-state index >= 15 is 0 Å². The third kappa shape index (κ3) is 6.67. The molecule has 15 heteroatoms. The third-order valence-corrected chi connectivity index (χ3v) is 6.02. The summed E-state index contributed by atoms with van der Waals surface area (Å²) >= 11 is 0. The van der Waals surface area contributed by atoms with Crippen LogP contribution >= 0.6 is 0 Å². The molecular weight excluding hydrogens is 528 g/mol. The van der Waals surface area contributed by atoms with Crippen LogP contribution in [0.1, 0.15) is 64.4 Å². The number of nitro groups is 1. The number of primary amides is 1. The molecule has 15 nitrogen and oxygen atoms in total. The monoisotopic (exact) mass is 558 g/mol. The van der Waals surface area contributed by atoms with Gasteiger partial charge in [0.15, 0.2) is 5.78 Å². The molecule has 214 valence electrons. The summed E-state index contributed by atoms with van der Waals surface area (Å²) < 4.78 is 11.2. The largest absolute Gasteiger partial charge is 0.468 e. The summed E-state index contributed by atoms with van der Waals surface area (Å²) in [4.78, 5) is 73.7. The van der Waals surface area contributed by atoms with Crippen LogP contribution in [0, 0.1) is 29.9 Å². The highest BCUT2D eigenvalue weighted by molar-refractivity contribution is 6.09. The molecule has 2 aromatic rings. The zero-order valence-corrected chi connectivity index (χ0v) is 22.8. The van der Waals surface area contributed by atoms with Gasteiger partial charge in [0.1, 0.15) is 5.92 Å². The fraction of sp³-hybridized carbons (Fsp3) is 0.360. The first-order valence-corrected chi connectivity index (χ1v) is 11.9. The maximum atomic E-state index is 13.9. The predicted octanol–water partition coefficient (Wildman–Crippen LogP) is 2.08. The van der Waals surface area contributed by atoms with E-state index in [1.165, 1.54) is 44.5 Å². The number of Topliss-reactive ketones (excluding diaryl/α,β-unsaturated/α-hetero) is 1. The number of nitrogens with one attached hydrogen (secondary N) is 2. The number of non-ortho nitro benzene ring substituents is 1. The standard InChI is InChI=1S/C25H30N6O9/c1-7-40-24(35)20-14(4)30(13(3)19(20)15(5)32)29-22(33)21(16-8-10-17(11-9-16)31(37)38)18(23(34)39-6)12(2)27-28-25(26)36/h8-11,18,21H,7H2,1-6H3,(H,29,33)(H3,26,28,36)/b27-12+. The molecule has 4 N–H and O–H groups in total. The molecule has 0 bridgehead atoms. The number of esters is 2. The number of nitrogens with two attached hydrogens (primary N) is 1. The van der Waals surface area contributed by atoms with Gasteiger partial charge in [0.25, 0.3) is 5.69 Å². The number of benzene rings is 1. The summed E-state index contributed by atoms with van der Waals surface area (Å²) in [6, 6.07) is 3.84. The number of hydrogen-bond donors (Lipinski definition) is 3. The summed E-state index contributed by atoms with van der Waals surface area (Å²) in [6.45, 7) is 7.26. The zero-order valence-electron chi connectivity index (χ0n) is 22.8. The predicted molar refractivity (Wildman–Crippen MR) is 141 cm³/mol. The lowest BCUT2D eigenvalue weighted by Crippen LogP contribution is -2.40. The molecule has 0 saturated carbocycles. The molecule has 0 aliphatic heterocycles. The maximum Gasteiger partial charge on any atom is 0.340 e. The van der Waals surface area contributed by atoms with Crippen molar-refractivity contribution in [3.8, 4) is 0 Å². The number of carbonyl (C=O) groups is 5. The molecule has 3 amide bonds. The molecule has 0 aliphatic rings. The van der Waals surface area contributed by atoms with Crippen molar-refractivity contribution in [1.82, 2.24) is 10.1 Å². The lowest BCUT2D eigenvalue weighted by molar-refractivity contribution is -0.384.